The van der Waals surface area contributed by atoms with E-state index >= 15 is 0 Å². The van der Waals surface area contributed by atoms with E-state index in [1.54, 1.807) is 23.5 Å². The molecule has 0 radical (unpaired) electrons. The van der Waals surface area contributed by atoms with Crippen LogP contribution in [0.2, 0.25) is 0 Å². The van der Waals surface area contributed by atoms with Crippen molar-refractivity contribution in [3.05, 3.63) is 52.2 Å². The third-order valence-electron chi connectivity index (χ3n) is 2.88. The van der Waals surface area contributed by atoms with E-state index in [1.807, 2.05) is 29.0 Å². The van der Waals surface area contributed by atoms with Gasteiger partial charge in [0.2, 0.25) is 11.8 Å². The highest BCUT2D eigenvalue weighted by Crippen LogP contribution is 2.16. The Bertz CT molecular complexity index is 594. The first-order valence-corrected chi connectivity index (χ1v) is 7.26. The van der Waals surface area contributed by atoms with Crippen LogP contribution in [-0.2, 0) is 22.4 Å². The standard InChI is InChI=1S/C15H16N2O2S/c16-14(18)9-12-3-1-2-4-13(12)17-15(19)6-5-11-7-8-20-10-11/h1-4,7-8,10H,5-6,9H2,(H2,16,18)(H,17,19). The summed E-state index contributed by atoms with van der Waals surface area (Å²) in [6, 6.07) is 9.22. The predicted octanol–water partition coefficient (Wildman–Crippen LogP) is 2.35. The van der Waals surface area contributed by atoms with Crippen LogP contribution in [0, 0.1) is 0 Å². The number of anilines is 1. The normalized spacial score (nSPS) is 10.2. The minimum atomic E-state index is -0.412. The van der Waals surface area contributed by atoms with Gasteiger partial charge in [0.15, 0.2) is 0 Å². The van der Waals surface area contributed by atoms with Crippen molar-refractivity contribution in [2.75, 3.05) is 5.32 Å². The molecule has 1 heterocycles. The molecule has 1 aromatic heterocycles. The number of carbonyl (C=O) groups excluding carboxylic acids is 2. The zero-order valence-electron chi connectivity index (χ0n) is 11.0. The van der Waals surface area contributed by atoms with E-state index in [2.05, 4.69) is 5.32 Å². The fraction of sp³-hybridized carbons (Fsp3) is 0.200. The van der Waals surface area contributed by atoms with Gasteiger partial charge in [0.25, 0.3) is 0 Å². The fourth-order valence-corrected chi connectivity index (χ4v) is 2.59. The first-order chi connectivity index (χ1) is 9.65. The minimum Gasteiger partial charge on any atom is -0.369 e. The lowest BCUT2D eigenvalue weighted by molar-refractivity contribution is -0.118. The molecule has 0 bridgehead atoms. The van der Waals surface area contributed by atoms with Crippen molar-refractivity contribution in [2.24, 2.45) is 5.73 Å². The smallest absolute Gasteiger partial charge is 0.224 e. The number of para-hydroxylation sites is 1. The summed E-state index contributed by atoms with van der Waals surface area (Å²) in [5.41, 5.74) is 7.75. The van der Waals surface area contributed by atoms with Crippen LogP contribution in [0.25, 0.3) is 0 Å². The third kappa shape index (κ3) is 4.20. The number of hydrogen-bond acceptors (Lipinski definition) is 3. The van der Waals surface area contributed by atoms with E-state index in [0.29, 0.717) is 18.5 Å². The average molecular weight is 288 g/mol. The number of hydrogen-bond donors (Lipinski definition) is 2. The topological polar surface area (TPSA) is 72.2 Å². The zero-order valence-corrected chi connectivity index (χ0v) is 11.8. The summed E-state index contributed by atoms with van der Waals surface area (Å²) in [4.78, 5) is 22.9. The summed E-state index contributed by atoms with van der Waals surface area (Å²) in [6.07, 6.45) is 1.26. The van der Waals surface area contributed by atoms with Crippen LogP contribution in [0.3, 0.4) is 0 Å². The van der Waals surface area contributed by atoms with Gasteiger partial charge in [-0.1, -0.05) is 18.2 Å². The molecule has 2 rings (SSSR count). The van der Waals surface area contributed by atoms with Crippen LogP contribution in [0.1, 0.15) is 17.5 Å². The Morgan fingerprint density at radius 2 is 2.00 bits per heavy atom. The van der Waals surface area contributed by atoms with Crippen LogP contribution in [0.5, 0.6) is 0 Å². The third-order valence-corrected chi connectivity index (χ3v) is 3.61. The van der Waals surface area contributed by atoms with Gasteiger partial charge in [-0.25, -0.2) is 0 Å². The van der Waals surface area contributed by atoms with Crippen molar-refractivity contribution >= 4 is 28.8 Å². The molecule has 0 unspecified atom stereocenters. The molecule has 104 valence electrons. The van der Waals surface area contributed by atoms with Crippen molar-refractivity contribution in [3.63, 3.8) is 0 Å². The van der Waals surface area contributed by atoms with Crippen molar-refractivity contribution in [2.45, 2.75) is 19.3 Å². The number of benzene rings is 1. The van der Waals surface area contributed by atoms with Crippen LogP contribution < -0.4 is 11.1 Å². The van der Waals surface area contributed by atoms with Crippen LogP contribution in [0.15, 0.2) is 41.1 Å². The van der Waals surface area contributed by atoms with Crippen LogP contribution in [-0.4, -0.2) is 11.8 Å². The van der Waals surface area contributed by atoms with Crippen molar-refractivity contribution in [1.29, 1.82) is 0 Å². The lowest BCUT2D eigenvalue weighted by Crippen LogP contribution is -2.17. The molecule has 0 atom stereocenters. The molecule has 4 nitrogen and oxygen atoms in total. The SMILES string of the molecule is NC(=O)Cc1ccccc1NC(=O)CCc1ccsc1. The minimum absolute atomic E-state index is 0.0619. The molecule has 3 N–H and O–H groups in total. The number of primary amides is 1. The highest BCUT2D eigenvalue weighted by molar-refractivity contribution is 7.07. The van der Waals surface area contributed by atoms with Gasteiger partial charge in [0.05, 0.1) is 6.42 Å². The number of thiophene rings is 1. The van der Waals surface area contributed by atoms with Gasteiger partial charge >= 0.3 is 0 Å². The number of carbonyl (C=O) groups is 2. The molecule has 0 saturated heterocycles. The molecule has 0 aliphatic carbocycles. The maximum atomic E-state index is 11.9. The van der Waals surface area contributed by atoms with E-state index in [1.165, 1.54) is 0 Å². The average Bonchev–Trinajstić information content (AvgIpc) is 2.91. The highest BCUT2D eigenvalue weighted by atomic mass is 32.1. The molecule has 0 fully saturated rings. The van der Waals surface area contributed by atoms with Crippen molar-refractivity contribution in [1.82, 2.24) is 0 Å². The van der Waals surface area contributed by atoms with E-state index in [4.69, 9.17) is 5.73 Å². The van der Waals surface area contributed by atoms with Crippen molar-refractivity contribution < 1.29 is 9.59 Å². The molecule has 2 amide bonds. The number of amides is 2. The molecular weight excluding hydrogens is 272 g/mol. The lowest BCUT2D eigenvalue weighted by atomic mass is 10.1. The number of nitrogens with two attached hydrogens (primary N) is 1. The molecule has 5 heteroatoms. The second-order valence-electron chi connectivity index (χ2n) is 4.48. The Morgan fingerprint density at radius 1 is 1.20 bits per heavy atom. The molecule has 1 aromatic carbocycles. The molecule has 0 saturated carbocycles. The maximum absolute atomic E-state index is 11.9. The summed E-state index contributed by atoms with van der Waals surface area (Å²) in [7, 11) is 0. The Balaban J connectivity index is 1.95. The number of nitrogens with one attached hydrogen (secondary N) is 1. The summed E-state index contributed by atoms with van der Waals surface area (Å²) < 4.78 is 0. The zero-order chi connectivity index (χ0) is 14.4. The summed E-state index contributed by atoms with van der Waals surface area (Å²) in [6.45, 7) is 0. The molecule has 0 aliphatic rings. The number of aryl methyl sites for hydroxylation is 1. The molecule has 0 aliphatic heterocycles. The van der Waals surface area contributed by atoms with E-state index in [0.717, 1.165) is 11.1 Å². The summed E-state index contributed by atoms with van der Waals surface area (Å²) >= 11 is 1.62. The number of rotatable bonds is 6. The van der Waals surface area contributed by atoms with Gasteiger partial charge in [-0.3, -0.25) is 9.59 Å². The van der Waals surface area contributed by atoms with Gasteiger partial charge in [-0.05, 0) is 40.4 Å². The van der Waals surface area contributed by atoms with Gasteiger partial charge in [0.1, 0.15) is 0 Å². The highest BCUT2D eigenvalue weighted by Gasteiger charge is 2.08. The fourth-order valence-electron chi connectivity index (χ4n) is 1.89. The lowest BCUT2D eigenvalue weighted by Gasteiger charge is -2.09. The Hall–Kier alpha value is -2.14. The monoisotopic (exact) mass is 288 g/mol. The first kappa shape index (κ1) is 14.3. The van der Waals surface area contributed by atoms with E-state index in [-0.39, 0.29) is 12.3 Å². The van der Waals surface area contributed by atoms with Gasteiger partial charge < -0.3 is 11.1 Å². The molecule has 2 aromatic rings. The largest absolute Gasteiger partial charge is 0.369 e. The maximum Gasteiger partial charge on any atom is 0.224 e. The Labute approximate surface area is 121 Å². The summed E-state index contributed by atoms with van der Waals surface area (Å²) in [5.74, 6) is -0.474. The second-order valence-corrected chi connectivity index (χ2v) is 5.26. The van der Waals surface area contributed by atoms with Gasteiger partial charge in [-0.15, -0.1) is 0 Å². The predicted molar refractivity (Wildman–Crippen MR) is 80.6 cm³/mol. The van der Waals surface area contributed by atoms with E-state index in [9.17, 15) is 9.59 Å². The van der Waals surface area contributed by atoms with Crippen LogP contribution >= 0.6 is 11.3 Å². The quantitative estimate of drug-likeness (QED) is 0.856. The second kappa shape index (κ2) is 6.86. The van der Waals surface area contributed by atoms with Crippen molar-refractivity contribution in [3.8, 4) is 0 Å². The first-order valence-electron chi connectivity index (χ1n) is 6.32. The summed E-state index contributed by atoms with van der Waals surface area (Å²) in [5, 5.41) is 6.87. The van der Waals surface area contributed by atoms with Gasteiger partial charge in [-0.2, -0.15) is 11.3 Å². The van der Waals surface area contributed by atoms with E-state index < -0.39 is 5.91 Å². The molecular formula is C15H16N2O2S. The van der Waals surface area contributed by atoms with Gasteiger partial charge in [0, 0.05) is 12.1 Å². The Morgan fingerprint density at radius 3 is 2.70 bits per heavy atom. The molecule has 20 heavy (non-hydrogen) atoms. The van der Waals surface area contributed by atoms with Crippen LogP contribution in [0.4, 0.5) is 5.69 Å². The Kier molecular flexibility index (Phi) is 4.90. The molecule has 0 spiro atoms.